The van der Waals surface area contributed by atoms with Crippen molar-refractivity contribution < 1.29 is 4.79 Å². The maximum absolute atomic E-state index is 12.1. The van der Waals surface area contributed by atoms with Gasteiger partial charge in [-0.3, -0.25) is 4.79 Å². The van der Waals surface area contributed by atoms with Gasteiger partial charge >= 0.3 is 0 Å². The summed E-state index contributed by atoms with van der Waals surface area (Å²) < 4.78 is 0. The number of hydrogen-bond donors (Lipinski definition) is 2. The average molecular weight is 384 g/mol. The number of thiazole rings is 1. The summed E-state index contributed by atoms with van der Waals surface area (Å²) in [6.45, 7) is 0. The van der Waals surface area contributed by atoms with Crippen molar-refractivity contribution in [3.05, 3.63) is 58.9 Å². The topological polar surface area (TPSA) is 54.0 Å². The molecule has 0 atom stereocenters. The van der Waals surface area contributed by atoms with Gasteiger partial charge in [0.05, 0.1) is 5.69 Å². The highest BCUT2D eigenvalue weighted by Gasteiger charge is 2.25. The molecule has 2 aromatic carbocycles. The quantitative estimate of drug-likeness (QED) is 0.572. The molecule has 2 N–H and O–H groups in total. The van der Waals surface area contributed by atoms with Crippen LogP contribution in [0.4, 0.5) is 16.5 Å². The summed E-state index contributed by atoms with van der Waals surface area (Å²) in [6.07, 6.45) is 3.14. The molecule has 0 bridgehead atoms. The average Bonchev–Trinajstić information content (AvgIpc) is 3.02. The number of hydrogen-bond acceptors (Lipinski definition) is 4. The van der Waals surface area contributed by atoms with Gasteiger partial charge in [-0.25, -0.2) is 4.98 Å². The molecule has 1 saturated carbocycles. The van der Waals surface area contributed by atoms with Crippen LogP contribution in [0, 0.1) is 5.92 Å². The molecular weight excluding hydrogens is 366 g/mol. The number of benzene rings is 2. The molecule has 0 unspecified atom stereocenters. The molecule has 0 spiro atoms. The zero-order valence-corrected chi connectivity index (χ0v) is 15.6. The Labute approximate surface area is 161 Å². The van der Waals surface area contributed by atoms with E-state index in [1.807, 2.05) is 53.9 Å². The number of carbonyl (C=O) groups is 1. The van der Waals surface area contributed by atoms with Crippen LogP contribution in [0.1, 0.15) is 19.3 Å². The predicted molar refractivity (Wildman–Crippen MR) is 108 cm³/mol. The van der Waals surface area contributed by atoms with Gasteiger partial charge in [-0.1, -0.05) is 36.2 Å². The Morgan fingerprint density at radius 3 is 2.69 bits per heavy atom. The SMILES string of the molecule is O=C(Nc1cccc(-c2csc(Nc3cccc(Cl)c3)n2)c1)C1CCC1. The van der Waals surface area contributed by atoms with Crippen LogP contribution in [0.2, 0.25) is 5.02 Å². The third kappa shape index (κ3) is 3.89. The first-order valence-corrected chi connectivity index (χ1v) is 9.82. The van der Waals surface area contributed by atoms with Crippen LogP contribution in [0.3, 0.4) is 0 Å². The smallest absolute Gasteiger partial charge is 0.227 e. The summed E-state index contributed by atoms with van der Waals surface area (Å²) in [4.78, 5) is 16.8. The van der Waals surface area contributed by atoms with Crippen LogP contribution in [-0.2, 0) is 4.79 Å². The third-order valence-corrected chi connectivity index (χ3v) is 5.47. The Balaban J connectivity index is 1.48. The van der Waals surface area contributed by atoms with Crippen molar-refractivity contribution >= 4 is 45.4 Å². The van der Waals surface area contributed by atoms with Gasteiger partial charge < -0.3 is 10.6 Å². The molecule has 1 aliphatic carbocycles. The molecule has 3 aromatic rings. The van der Waals surface area contributed by atoms with E-state index in [0.717, 1.165) is 47.0 Å². The van der Waals surface area contributed by atoms with Gasteiger partial charge in [-0.2, -0.15) is 0 Å². The molecule has 1 heterocycles. The largest absolute Gasteiger partial charge is 0.331 e. The number of anilines is 3. The maximum atomic E-state index is 12.1. The molecule has 6 heteroatoms. The molecule has 1 fully saturated rings. The van der Waals surface area contributed by atoms with Crippen molar-refractivity contribution in [2.45, 2.75) is 19.3 Å². The monoisotopic (exact) mass is 383 g/mol. The number of rotatable bonds is 5. The lowest BCUT2D eigenvalue weighted by atomic mass is 9.85. The van der Waals surface area contributed by atoms with E-state index in [2.05, 4.69) is 15.6 Å². The van der Waals surface area contributed by atoms with Gasteiger partial charge in [-0.15, -0.1) is 11.3 Å². The van der Waals surface area contributed by atoms with E-state index in [1.54, 1.807) is 0 Å². The van der Waals surface area contributed by atoms with Crippen molar-refractivity contribution in [3.8, 4) is 11.3 Å². The lowest BCUT2D eigenvalue weighted by Crippen LogP contribution is -2.27. The molecule has 0 saturated heterocycles. The van der Waals surface area contributed by atoms with Gasteiger partial charge in [0.25, 0.3) is 0 Å². The minimum Gasteiger partial charge on any atom is -0.331 e. The highest BCUT2D eigenvalue weighted by Crippen LogP contribution is 2.31. The second kappa shape index (κ2) is 7.48. The Morgan fingerprint density at radius 1 is 1.12 bits per heavy atom. The van der Waals surface area contributed by atoms with Gasteiger partial charge in [0.2, 0.25) is 5.91 Å². The van der Waals surface area contributed by atoms with E-state index in [9.17, 15) is 4.79 Å². The normalized spacial score (nSPS) is 13.9. The van der Waals surface area contributed by atoms with Crippen molar-refractivity contribution in [1.82, 2.24) is 4.98 Å². The summed E-state index contributed by atoms with van der Waals surface area (Å²) in [6, 6.07) is 15.4. The lowest BCUT2D eigenvalue weighted by Gasteiger charge is -2.24. The second-order valence-electron chi connectivity index (χ2n) is 6.37. The Bertz CT molecular complexity index is 936. The summed E-state index contributed by atoms with van der Waals surface area (Å²) in [5.74, 6) is 0.293. The van der Waals surface area contributed by atoms with Crippen LogP contribution >= 0.6 is 22.9 Å². The standard InChI is InChI=1S/C20H18ClN3OS/c21-15-7-3-9-17(11-15)23-20-24-18(12-26-20)14-6-2-8-16(10-14)22-19(25)13-4-1-5-13/h2-3,6-13H,1,4-5H2,(H,22,25)(H,23,24). The van der Waals surface area contributed by atoms with Gasteiger partial charge in [0.1, 0.15) is 0 Å². The zero-order valence-electron chi connectivity index (χ0n) is 14.0. The molecule has 1 aliphatic rings. The first-order valence-electron chi connectivity index (χ1n) is 8.57. The third-order valence-electron chi connectivity index (χ3n) is 4.48. The number of halogens is 1. The molecule has 0 aliphatic heterocycles. The maximum Gasteiger partial charge on any atom is 0.227 e. The van der Waals surface area contributed by atoms with Crippen molar-refractivity contribution in [2.24, 2.45) is 5.92 Å². The van der Waals surface area contributed by atoms with E-state index in [-0.39, 0.29) is 11.8 Å². The number of amides is 1. The van der Waals surface area contributed by atoms with E-state index in [4.69, 9.17) is 11.6 Å². The summed E-state index contributed by atoms with van der Waals surface area (Å²) >= 11 is 7.55. The van der Waals surface area contributed by atoms with E-state index < -0.39 is 0 Å². The Kier molecular flexibility index (Phi) is 4.91. The highest BCUT2D eigenvalue weighted by atomic mass is 35.5. The van der Waals surface area contributed by atoms with Crippen LogP contribution in [0.25, 0.3) is 11.3 Å². The van der Waals surface area contributed by atoms with Gasteiger partial charge in [0, 0.05) is 33.3 Å². The number of nitrogens with zero attached hydrogens (tertiary/aromatic N) is 1. The van der Waals surface area contributed by atoms with E-state index in [0.29, 0.717) is 5.02 Å². The molecule has 4 nitrogen and oxygen atoms in total. The van der Waals surface area contributed by atoms with E-state index >= 15 is 0 Å². The number of aromatic nitrogens is 1. The minimum absolute atomic E-state index is 0.120. The highest BCUT2D eigenvalue weighted by molar-refractivity contribution is 7.14. The van der Waals surface area contributed by atoms with Crippen LogP contribution in [0.15, 0.2) is 53.9 Å². The molecule has 0 radical (unpaired) electrons. The fourth-order valence-electron chi connectivity index (χ4n) is 2.82. The number of carbonyl (C=O) groups excluding carboxylic acids is 1. The van der Waals surface area contributed by atoms with Crippen LogP contribution in [0.5, 0.6) is 0 Å². The molecule has 132 valence electrons. The summed E-state index contributed by atoms with van der Waals surface area (Å²) in [5.41, 5.74) is 3.57. The van der Waals surface area contributed by atoms with Gasteiger partial charge in [0.15, 0.2) is 5.13 Å². The first kappa shape index (κ1) is 17.1. The summed E-state index contributed by atoms with van der Waals surface area (Å²) in [5, 5.41) is 9.76. The van der Waals surface area contributed by atoms with Crippen LogP contribution in [-0.4, -0.2) is 10.9 Å². The molecule has 1 amide bonds. The second-order valence-corrected chi connectivity index (χ2v) is 7.67. The minimum atomic E-state index is 0.120. The Morgan fingerprint density at radius 2 is 1.92 bits per heavy atom. The summed E-state index contributed by atoms with van der Waals surface area (Å²) in [7, 11) is 0. The Hall–Kier alpha value is -2.37. The lowest BCUT2D eigenvalue weighted by molar-refractivity contribution is -0.122. The van der Waals surface area contributed by atoms with E-state index in [1.165, 1.54) is 11.3 Å². The molecule has 26 heavy (non-hydrogen) atoms. The number of nitrogens with one attached hydrogen (secondary N) is 2. The van der Waals surface area contributed by atoms with Crippen molar-refractivity contribution in [1.29, 1.82) is 0 Å². The van der Waals surface area contributed by atoms with Crippen molar-refractivity contribution in [2.75, 3.05) is 10.6 Å². The zero-order chi connectivity index (χ0) is 17.9. The fourth-order valence-corrected chi connectivity index (χ4v) is 3.75. The van der Waals surface area contributed by atoms with Crippen LogP contribution < -0.4 is 10.6 Å². The predicted octanol–water partition coefficient (Wildman–Crippen LogP) is 5.95. The van der Waals surface area contributed by atoms with Crippen molar-refractivity contribution in [3.63, 3.8) is 0 Å². The van der Waals surface area contributed by atoms with Gasteiger partial charge in [-0.05, 0) is 43.2 Å². The first-order chi connectivity index (χ1) is 12.7. The fraction of sp³-hybridized carbons (Fsp3) is 0.200. The molecular formula is C20H18ClN3OS. The molecule has 4 rings (SSSR count). The molecule has 1 aromatic heterocycles.